The SMILES string of the molecule is COc1cccc(CCc2cc(Oc3cc(CCc4ccc(OC)c(OC)c4)ccc3OC)c(OC)cc2OC)c1. The van der Waals surface area contributed by atoms with Crippen LogP contribution in [0.1, 0.15) is 22.3 Å². The fraction of sp³-hybridized carbons (Fsp3) is 0.294. The molecule has 4 aromatic rings. The van der Waals surface area contributed by atoms with E-state index in [1.165, 1.54) is 5.56 Å². The largest absolute Gasteiger partial charge is 0.497 e. The molecule has 0 bridgehead atoms. The molecule has 0 spiro atoms. The Balaban J connectivity index is 1.56. The van der Waals surface area contributed by atoms with E-state index in [0.717, 1.165) is 59.6 Å². The molecule has 0 saturated heterocycles. The van der Waals surface area contributed by atoms with Crippen molar-refractivity contribution in [2.45, 2.75) is 25.7 Å². The summed E-state index contributed by atoms with van der Waals surface area (Å²) in [7, 11) is 9.87. The molecular weight excluding hydrogens is 520 g/mol. The first kappa shape index (κ1) is 29.5. The maximum Gasteiger partial charge on any atom is 0.170 e. The van der Waals surface area contributed by atoms with Gasteiger partial charge in [0.05, 0.1) is 42.7 Å². The average molecular weight is 559 g/mol. The van der Waals surface area contributed by atoms with Crippen molar-refractivity contribution in [3.8, 4) is 46.0 Å². The van der Waals surface area contributed by atoms with Crippen LogP contribution in [0, 0.1) is 0 Å². The highest BCUT2D eigenvalue weighted by Crippen LogP contribution is 2.41. The van der Waals surface area contributed by atoms with Gasteiger partial charge in [0, 0.05) is 6.07 Å². The van der Waals surface area contributed by atoms with Crippen LogP contribution >= 0.6 is 0 Å². The van der Waals surface area contributed by atoms with Crippen molar-refractivity contribution in [2.75, 3.05) is 42.7 Å². The Bertz CT molecular complexity index is 1450. The molecule has 0 saturated carbocycles. The smallest absolute Gasteiger partial charge is 0.170 e. The standard InChI is InChI=1S/C34H38O7/c1-35-27-9-7-8-23(18-27)12-15-26-21-34(32(40-6)22-30(26)38-4)41-33-20-25(14-17-29(33)37-3)11-10-24-13-16-28(36-2)31(19-24)39-5/h7-9,13-14,16-22H,10-12,15H2,1-6H3. The van der Waals surface area contributed by atoms with E-state index in [1.807, 2.05) is 54.6 Å². The summed E-state index contributed by atoms with van der Waals surface area (Å²) in [5.41, 5.74) is 4.45. The molecule has 0 aliphatic carbocycles. The Morgan fingerprint density at radius 2 is 0.902 bits per heavy atom. The van der Waals surface area contributed by atoms with Gasteiger partial charge in [-0.25, -0.2) is 0 Å². The number of rotatable bonds is 14. The molecule has 41 heavy (non-hydrogen) atoms. The minimum atomic E-state index is 0.574. The molecule has 0 aliphatic heterocycles. The third kappa shape index (κ3) is 7.37. The zero-order valence-electron chi connectivity index (χ0n) is 24.6. The third-order valence-electron chi connectivity index (χ3n) is 6.98. The number of methoxy groups -OCH3 is 6. The molecule has 0 N–H and O–H groups in total. The summed E-state index contributed by atoms with van der Waals surface area (Å²) in [5, 5.41) is 0. The molecule has 0 radical (unpaired) electrons. The fourth-order valence-corrected chi connectivity index (χ4v) is 4.71. The Kier molecular flexibility index (Phi) is 10.2. The van der Waals surface area contributed by atoms with Crippen LogP contribution < -0.4 is 33.2 Å². The van der Waals surface area contributed by atoms with Crippen LogP contribution in [-0.2, 0) is 25.7 Å². The first-order chi connectivity index (χ1) is 20.0. The van der Waals surface area contributed by atoms with Crippen molar-refractivity contribution in [1.29, 1.82) is 0 Å². The Labute approximate surface area is 242 Å². The van der Waals surface area contributed by atoms with Gasteiger partial charge >= 0.3 is 0 Å². The zero-order valence-corrected chi connectivity index (χ0v) is 24.6. The molecule has 7 nitrogen and oxygen atoms in total. The third-order valence-corrected chi connectivity index (χ3v) is 6.98. The minimum absolute atomic E-state index is 0.574. The second kappa shape index (κ2) is 14.2. The lowest BCUT2D eigenvalue weighted by atomic mass is 10.0. The normalized spacial score (nSPS) is 10.6. The Morgan fingerprint density at radius 3 is 1.51 bits per heavy atom. The number of hydrogen-bond acceptors (Lipinski definition) is 7. The van der Waals surface area contributed by atoms with E-state index >= 15 is 0 Å². The number of aryl methyl sites for hydroxylation is 4. The summed E-state index contributed by atoms with van der Waals surface area (Å²) in [6.45, 7) is 0. The zero-order chi connectivity index (χ0) is 29.2. The number of ether oxygens (including phenoxy) is 7. The van der Waals surface area contributed by atoms with Crippen LogP contribution in [0.5, 0.6) is 46.0 Å². The number of hydrogen-bond donors (Lipinski definition) is 0. The van der Waals surface area contributed by atoms with E-state index < -0.39 is 0 Å². The molecule has 216 valence electrons. The van der Waals surface area contributed by atoms with Crippen LogP contribution in [0.2, 0.25) is 0 Å². The highest BCUT2D eigenvalue weighted by atomic mass is 16.5. The molecular formula is C34H38O7. The maximum atomic E-state index is 6.45. The molecule has 0 unspecified atom stereocenters. The van der Waals surface area contributed by atoms with Gasteiger partial charge in [-0.2, -0.15) is 0 Å². The van der Waals surface area contributed by atoms with Gasteiger partial charge in [-0.3, -0.25) is 0 Å². The van der Waals surface area contributed by atoms with E-state index in [0.29, 0.717) is 28.7 Å². The van der Waals surface area contributed by atoms with E-state index in [9.17, 15) is 0 Å². The topological polar surface area (TPSA) is 64.6 Å². The molecule has 0 aromatic heterocycles. The Hall–Kier alpha value is -4.52. The van der Waals surface area contributed by atoms with Crippen LogP contribution in [0.3, 0.4) is 0 Å². The highest BCUT2D eigenvalue weighted by molar-refractivity contribution is 5.54. The van der Waals surface area contributed by atoms with Crippen LogP contribution in [0.4, 0.5) is 0 Å². The van der Waals surface area contributed by atoms with E-state index in [4.69, 9.17) is 33.2 Å². The predicted octanol–water partition coefficient (Wildman–Crippen LogP) is 7.10. The van der Waals surface area contributed by atoms with Crippen molar-refractivity contribution in [1.82, 2.24) is 0 Å². The van der Waals surface area contributed by atoms with Crippen molar-refractivity contribution in [3.63, 3.8) is 0 Å². The van der Waals surface area contributed by atoms with Gasteiger partial charge in [-0.15, -0.1) is 0 Å². The average Bonchev–Trinajstić information content (AvgIpc) is 3.02. The molecule has 4 aromatic carbocycles. The lowest BCUT2D eigenvalue weighted by Crippen LogP contribution is -2.00. The van der Waals surface area contributed by atoms with Crippen molar-refractivity contribution in [2.24, 2.45) is 0 Å². The molecule has 0 amide bonds. The molecule has 0 aliphatic rings. The molecule has 4 rings (SSSR count). The van der Waals surface area contributed by atoms with E-state index in [-0.39, 0.29) is 0 Å². The minimum Gasteiger partial charge on any atom is -0.497 e. The van der Waals surface area contributed by atoms with Crippen LogP contribution in [-0.4, -0.2) is 42.7 Å². The van der Waals surface area contributed by atoms with Gasteiger partial charge in [0.15, 0.2) is 34.5 Å². The lowest BCUT2D eigenvalue weighted by molar-refractivity contribution is 0.350. The van der Waals surface area contributed by atoms with E-state index in [1.54, 1.807) is 42.7 Å². The summed E-state index contributed by atoms with van der Waals surface area (Å²) in [6, 6.07) is 23.9. The van der Waals surface area contributed by atoms with Crippen LogP contribution in [0.25, 0.3) is 0 Å². The van der Waals surface area contributed by atoms with Gasteiger partial charge in [0.1, 0.15) is 11.5 Å². The van der Waals surface area contributed by atoms with Gasteiger partial charge in [-0.1, -0.05) is 24.3 Å². The lowest BCUT2D eigenvalue weighted by Gasteiger charge is -2.17. The molecule has 7 heteroatoms. The van der Waals surface area contributed by atoms with E-state index in [2.05, 4.69) is 18.2 Å². The summed E-state index contributed by atoms with van der Waals surface area (Å²) in [4.78, 5) is 0. The van der Waals surface area contributed by atoms with Gasteiger partial charge in [-0.05, 0) is 90.4 Å². The van der Waals surface area contributed by atoms with Gasteiger partial charge in [0.25, 0.3) is 0 Å². The van der Waals surface area contributed by atoms with Crippen molar-refractivity contribution >= 4 is 0 Å². The summed E-state index contributed by atoms with van der Waals surface area (Å²) in [5.74, 6) is 5.42. The highest BCUT2D eigenvalue weighted by Gasteiger charge is 2.16. The first-order valence-corrected chi connectivity index (χ1v) is 13.4. The van der Waals surface area contributed by atoms with Crippen molar-refractivity contribution in [3.05, 3.63) is 95.1 Å². The maximum absolute atomic E-state index is 6.45. The van der Waals surface area contributed by atoms with Gasteiger partial charge in [0.2, 0.25) is 0 Å². The second-order valence-corrected chi connectivity index (χ2v) is 9.44. The van der Waals surface area contributed by atoms with Crippen LogP contribution in [0.15, 0.2) is 72.8 Å². The quantitative estimate of drug-likeness (QED) is 0.164. The monoisotopic (exact) mass is 558 g/mol. The fourth-order valence-electron chi connectivity index (χ4n) is 4.71. The molecule has 0 heterocycles. The Morgan fingerprint density at radius 1 is 0.390 bits per heavy atom. The summed E-state index contributed by atoms with van der Waals surface area (Å²) >= 11 is 0. The second-order valence-electron chi connectivity index (χ2n) is 9.44. The first-order valence-electron chi connectivity index (χ1n) is 13.4. The summed E-state index contributed by atoms with van der Waals surface area (Å²) < 4.78 is 39.6. The molecule has 0 fully saturated rings. The van der Waals surface area contributed by atoms with Gasteiger partial charge < -0.3 is 33.2 Å². The predicted molar refractivity (Wildman–Crippen MR) is 160 cm³/mol. The van der Waals surface area contributed by atoms with Crippen molar-refractivity contribution < 1.29 is 33.2 Å². The molecule has 0 atom stereocenters. The number of benzene rings is 4. The summed E-state index contributed by atoms with van der Waals surface area (Å²) in [6.07, 6.45) is 3.20.